The normalized spacial score (nSPS) is 11.3. The molecule has 0 atom stereocenters. The molecule has 0 bridgehead atoms. The monoisotopic (exact) mass is 478 g/mol. The van der Waals surface area contributed by atoms with Gasteiger partial charge in [-0.15, -0.1) is 0 Å². The number of methoxy groups -OCH3 is 1. The number of carbonyl (C=O) groups is 1. The first-order chi connectivity index (χ1) is 15.2. The fraction of sp³-hybridized carbons (Fsp3) is 0.174. The number of carboxylic acid groups (broad SMARTS) is 1. The van der Waals surface area contributed by atoms with E-state index in [0.29, 0.717) is 11.1 Å². The van der Waals surface area contributed by atoms with Crippen LogP contribution in [0.3, 0.4) is 0 Å². The molecule has 3 aromatic carbocycles. The number of rotatable bonds is 9. The van der Waals surface area contributed by atoms with E-state index >= 15 is 0 Å². The molecule has 0 aliphatic heterocycles. The van der Waals surface area contributed by atoms with E-state index < -0.39 is 21.6 Å². The summed E-state index contributed by atoms with van der Waals surface area (Å²) in [6.45, 7) is 0.459. The Labute approximate surface area is 190 Å². The Bertz CT molecular complexity index is 1240. The summed E-state index contributed by atoms with van der Waals surface area (Å²) in [7, 11) is -2.51. The van der Waals surface area contributed by atoms with E-state index in [-0.39, 0.29) is 45.8 Å². The fourth-order valence-corrected chi connectivity index (χ4v) is 4.61. The summed E-state index contributed by atoms with van der Waals surface area (Å²) < 4.78 is 50.6. The lowest BCUT2D eigenvalue weighted by atomic mass is 10.1. The molecule has 9 heteroatoms. The minimum atomic E-state index is -4.01. The van der Waals surface area contributed by atoms with E-state index in [0.717, 1.165) is 0 Å². The van der Waals surface area contributed by atoms with E-state index in [1.54, 1.807) is 12.1 Å². The SMILES string of the molecule is COCCOc1cc(CC(=O)O)cc(S(=O)(=O)c2cccc(-c3ccc(F)c(Cl)c3)c2)c1. The molecule has 0 aliphatic carbocycles. The number of aliphatic carboxylic acids is 1. The third-order valence-corrected chi connectivity index (χ3v) is 6.58. The van der Waals surface area contributed by atoms with Crippen molar-refractivity contribution in [3.8, 4) is 16.9 Å². The van der Waals surface area contributed by atoms with Gasteiger partial charge in [0.2, 0.25) is 9.84 Å². The van der Waals surface area contributed by atoms with E-state index in [2.05, 4.69) is 0 Å². The van der Waals surface area contributed by atoms with Crippen LogP contribution in [0.25, 0.3) is 11.1 Å². The Morgan fingerprint density at radius 2 is 1.75 bits per heavy atom. The molecule has 0 heterocycles. The van der Waals surface area contributed by atoms with Gasteiger partial charge in [0.05, 0.1) is 27.8 Å². The van der Waals surface area contributed by atoms with E-state index in [9.17, 15) is 17.6 Å². The van der Waals surface area contributed by atoms with Crippen LogP contribution in [0.4, 0.5) is 4.39 Å². The number of sulfone groups is 1. The van der Waals surface area contributed by atoms with Gasteiger partial charge in [-0.05, 0) is 59.2 Å². The Balaban J connectivity index is 2.03. The minimum Gasteiger partial charge on any atom is -0.491 e. The second-order valence-corrected chi connectivity index (χ2v) is 9.24. The van der Waals surface area contributed by atoms with Crippen molar-refractivity contribution in [1.82, 2.24) is 0 Å². The lowest BCUT2D eigenvalue weighted by Gasteiger charge is -2.12. The summed E-state index contributed by atoms with van der Waals surface area (Å²) in [6, 6.07) is 14.4. The highest BCUT2D eigenvalue weighted by Gasteiger charge is 2.21. The van der Waals surface area contributed by atoms with Gasteiger partial charge in [-0.1, -0.05) is 29.8 Å². The molecule has 3 rings (SSSR count). The number of halogens is 2. The molecular formula is C23H20ClFO6S. The Morgan fingerprint density at radius 3 is 2.44 bits per heavy atom. The van der Waals surface area contributed by atoms with Crippen molar-refractivity contribution < 1.29 is 32.2 Å². The van der Waals surface area contributed by atoms with Gasteiger partial charge in [0, 0.05) is 7.11 Å². The van der Waals surface area contributed by atoms with Crippen LogP contribution < -0.4 is 4.74 Å². The van der Waals surface area contributed by atoms with E-state index in [1.807, 2.05) is 0 Å². The van der Waals surface area contributed by atoms with Crippen molar-refractivity contribution in [1.29, 1.82) is 0 Å². The van der Waals surface area contributed by atoms with Crippen LogP contribution in [0.2, 0.25) is 5.02 Å². The maximum atomic E-state index is 13.5. The standard InChI is InChI=1S/C23H20ClFO6S/c1-30-7-8-31-18-9-15(11-23(26)27)10-20(14-18)32(28,29)19-4-2-3-16(12-19)17-5-6-22(25)21(24)13-17/h2-6,9-10,12-14H,7-8,11H2,1H3,(H,26,27). The summed E-state index contributed by atoms with van der Waals surface area (Å²) in [5.41, 5.74) is 1.37. The molecule has 0 aliphatic rings. The number of carboxylic acids is 1. The maximum absolute atomic E-state index is 13.5. The third-order valence-electron chi connectivity index (χ3n) is 4.56. The van der Waals surface area contributed by atoms with Gasteiger partial charge in [0.1, 0.15) is 18.2 Å². The predicted molar refractivity (Wildman–Crippen MR) is 117 cm³/mol. The molecule has 0 fully saturated rings. The predicted octanol–water partition coefficient (Wildman–Crippen LogP) is 4.63. The molecule has 1 N–H and O–H groups in total. The Hall–Kier alpha value is -2.94. The van der Waals surface area contributed by atoms with Gasteiger partial charge in [-0.25, -0.2) is 12.8 Å². The summed E-state index contributed by atoms with van der Waals surface area (Å²) in [4.78, 5) is 11.1. The first-order valence-electron chi connectivity index (χ1n) is 9.49. The molecule has 3 aromatic rings. The topological polar surface area (TPSA) is 89.9 Å². The van der Waals surface area contributed by atoms with Gasteiger partial charge in [-0.2, -0.15) is 0 Å². The molecule has 0 aromatic heterocycles. The second kappa shape index (κ2) is 10.1. The molecule has 6 nitrogen and oxygen atoms in total. The number of hydrogen-bond acceptors (Lipinski definition) is 5. The zero-order chi connectivity index (χ0) is 23.3. The largest absolute Gasteiger partial charge is 0.491 e. The summed E-state index contributed by atoms with van der Waals surface area (Å²) in [5.74, 6) is -1.45. The van der Waals surface area contributed by atoms with Gasteiger partial charge in [0.15, 0.2) is 0 Å². The molecule has 0 saturated heterocycles. The number of benzene rings is 3. The summed E-state index contributed by atoms with van der Waals surface area (Å²) in [6.07, 6.45) is -0.363. The average molecular weight is 479 g/mol. The van der Waals surface area contributed by atoms with Crippen LogP contribution in [0.5, 0.6) is 5.75 Å². The molecule has 0 radical (unpaired) electrons. The highest BCUT2D eigenvalue weighted by Crippen LogP contribution is 2.31. The molecule has 0 amide bonds. The van der Waals surface area contributed by atoms with Crippen LogP contribution in [0.1, 0.15) is 5.56 Å². The van der Waals surface area contributed by atoms with Crippen molar-refractivity contribution in [2.24, 2.45) is 0 Å². The van der Waals surface area contributed by atoms with Gasteiger partial charge in [-0.3, -0.25) is 4.79 Å². The van der Waals surface area contributed by atoms with Crippen molar-refractivity contribution in [2.45, 2.75) is 16.2 Å². The quantitative estimate of drug-likeness (QED) is 0.451. The van der Waals surface area contributed by atoms with Crippen LogP contribution in [-0.2, 0) is 25.8 Å². The number of ether oxygens (including phenoxy) is 2. The Kier molecular flexibility index (Phi) is 7.50. The van der Waals surface area contributed by atoms with Gasteiger partial charge in [0.25, 0.3) is 0 Å². The van der Waals surface area contributed by atoms with Gasteiger partial charge < -0.3 is 14.6 Å². The minimum absolute atomic E-state index is 0.00855. The van der Waals surface area contributed by atoms with Crippen LogP contribution in [0, 0.1) is 5.82 Å². The highest BCUT2D eigenvalue weighted by molar-refractivity contribution is 7.91. The summed E-state index contributed by atoms with van der Waals surface area (Å²) in [5, 5.41) is 9.07. The average Bonchev–Trinajstić information content (AvgIpc) is 2.75. The van der Waals surface area contributed by atoms with Crippen molar-refractivity contribution in [3.63, 3.8) is 0 Å². The summed E-state index contributed by atoms with van der Waals surface area (Å²) >= 11 is 5.85. The van der Waals surface area contributed by atoms with Crippen molar-refractivity contribution in [3.05, 3.63) is 77.1 Å². The van der Waals surface area contributed by atoms with E-state index in [1.165, 1.54) is 55.6 Å². The maximum Gasteiger partial charge on any atom is 0.307 e. The fourth-order valence-electron chi connectivity index (χ4n) is 3.04. The zero-order valence-corrected chi connectivity index (χ0v) is 18.6. The molecule has 0 spiro atoms. The highest BCUT2D eigenvalue weighted by atomic mass is 35.5. The molecule has 0 saturated carbocycles. The third kappa shape index (κ3) is 5.64. The molecule has 32 heavy (non-hydrogen) atoms. The van der Waals surface area contributed by atoms with Crippen LogP contribution >= 0.6 is 11.6 Å². The van der Waals surface area contributed by atoms with E-state index in [4.69, 9.17) is 26.2 Å². The first kappa shape index (κ1) is 23.7. The molecule has 0 unspecified atom stereocenters. The number of hydrogen-bond donors (Lipinski definition) is 1. The first-order valence-corrected chi connectivity index (χ1v) is 11.3. The van der Waals surface area contributed by atoms with Gasteiger partial charge >= 0.3 is 5.97 Å². The molecular weight excluding hydrogens is 459 g/mol. The molecule has 168 valence electrons. The second-order valence-electron chi connectivity index (χ2n) is 6.88. The lowest BCUT2D eigenvalue weighted by Crippen LogP contribution is -2.08. The Morgan fingerprint density at radius 1 is 1.00 bits per heavy atom. The smallest absolute Gasteiger partial charge is 0.307 e. The zero-order valence-electron chi connectivity index (χ0n) is 17.0. The van der Waals surface area contributed by atoms with Crippen LogP contribution in [-0.4, -0.2) is 39.8 Å². The van der Waals surface area contributed by atoms with Crippen molar-refractivity contribution in [2.75, 3.05) is 20.3 Å². The van der Waals surface area contributed by atoms with Crippen molar-refractivity contribution >= 4 is 27.4 Å². The van der Waals surface area contributed by atoms with Crippen LogP contribution in [0.15, 0.2) is 70.5 Å². The lowest BCUT2D eigenvalue weighted by molar-refractivity contribution is -0.136.